The summed E-state index contributed by atoms with van der Waals surface area (Å²) in [6.45, 7) is 5.35. The van der Waals surface area contributed by atoms with Gasteiger partial charge in [-0.15, -0.1) is 0 Å². The number of ether oxygens (including phenoxy) is 1. The highest BCUT2D eigenvalue weighted by atomic mass is 16.5. The van der Waals surface area contributed by atoms with Crippen LogP contribution in [0, 0.1) is 6.92 Å². The van der Waals surface area contributed by atoms with Crippen molar-refractivity contribution in [3.63, 3.8) is 0 Å². The summed E-state index contributed by atoms with van der Waals surface area (Å²) in [7, 11) is 1.65. The van der Waals surface area contributed by atoms with E-state index in [1.807, 2.05) is 44.3 Å². The molecule has 5 nitrogen and oxygen atoms in total. The zero-order valence-electron chi connectivity index (χ0n) is 12.7. The van der Waals surface area contributed by atoms with E-state index in [0.29, 0.717) is 6.54 Å². The van der Waals surface area contributed by atoms with Gasteiger partial charge in [-0.25, -0.2) is 9.78 Å². The molecule has 2 aromatic rings. The van der Waals surface area contributed by atoms with E-state index < -0.39 is 0 Å². The summed E-state index contributed by atoms with van der Waals surface area (Å²) >= 11 is 0. The molecule has 2 rings (SSSR count). The fraction of sp³-hybridized carbons (Fsp3) is 0.375. The number of likely N-dealkylation sites (N-methyl/N-ethyl adjacent to an activating group) is 1. The molecule has 1 N–H and O–H groups in total. The summed E-state index contributed by atoms with van der Waals surface area (Å²) in [6, 6.07) is 7.94. The molecule has 0 bridgehead atoms. The lowest BCUT2D eigenvalue weighted by Gasteiger charge is -2.20. The van der Waals surface area contributed by atoms with E-state index in [-0.39, 0.29) is 11.7 Å². The number of nitrogens with zero attached hydrogens (tertiary/aromatic N) is 2. The number of aryl methyl sites for hydroxylation is 1. The van der Waals surface area contributed by atoms with Gasteiger partial charge in [0.25, 0.3) is 0 Å². The van der Waals surface area contributed by atoms with Crippen LogP contribution in [-0.2, 0) is 6.54 Å². The number of hydrogen-bond acceptors (Lipinski definition) is 4. The van der Waals surface area contributed by atoms with Gasteiger partial charge in [-0.2, -0.15) is 0 Å². The van der Waals surface area contributed by atoms with E-state index in [9.17, 15) is 4.79 Å². The Bertz CT molecular complexity index is 635. The minimum Gasteiger partial charge on any atom is -0.497 e. The summed E-state index contributed by atoms with van der Waals surface area (Å²) in [5.41, 5.74) is 1.86. The van der Waals surface area contributed by atoms with Gasteiger partial charge < -0.3 is 10.1 Å². The molecule has 1 atom stereocenters. The van der Waals surface area contributed by atoms with Gasteiger partial charge in [0.15, 0.2) is 0 Å². The zero-order chi connectivity index (χ0) is 15.2. The molecule has 0 aliphatic rings. The number of aromatic nitrogens is 2. The van der Waals surface area contributed by atoms with Crippen molar-refractivity contribution in [1.82, 2.24) is 14.9 Å². The van der Waals surface area contributed by atoms with Crippen LogP contribution in [0.1, 0.15) is 24.1 Å². The Hall–Kier alpha value is -2.14. The van der Waals surface area contributed by atoms with Crippen LogP contribution < -0.4 is 15.7 Å². The van der Waals surface area contributed by atoms with Gasteiger partial charge in [-0.3, -0.25) is 4.57 Å². The highest BCUT2D eigenvalue weighted by molar-refractivity contribution is 5.29. The van der Waals surface area contributed by atoms with E-state index in [1.165, 1.54) is 0 Å². The maximum atomic E-state index is 11.8. The first-order valence-corrected chi connectivity index (χ1v) is 7.04. The molecule has 21 heavy (non-hydrogen) atoms. The number of hydrogen-bond donors (Lipinski definition) is 1. The molecule has 0 spiro atoms. The molecule has 0 saturated heterocycles. The largest absolute Gasteiger partial charge is 0.497 e. The van der Waals surface area contributed by atoms with Crippen molar-refractivity contribution in [3.05, 3.63) is 58.3 Å². The van der Waals surface area contributed by atoms with Crippen molar-refractivity contribution in [2.24, 2.45) is 0 Å². The van der Waals surface area contributed by atoms with Crippen molar-refractivity contribution in [2.75, 3.05) is 13.7 Å². The minimum atomic E-state index is -0.225. The molecule has 1 heterocycles. The Kier molecular flexibility index (Phi) is 5.11. The number of benzene rings is 1. The molecule has 0 aliphatic heterocycles. The molecule has 0 aliphatic carbocycles. The van der Waals surface area contributed by atoms with Crippen molar-refractivity contribution >= 4 is 0 Å². The number of nitrogens with one attached hydrogen (secondary N) is 1. The summed E-state index contributed by atoms with van der Waals surface area (Å²) < 4.78 is 6.82. The van der Waals surface area contributed by atoms with Crippen molar-refractivity contribution in [3.8, 4) is 5.75 Å². The van der Waals surface area contributed by atoms with Crippen molar-refractivity contribution in [1.29, 1.82) is 0 Å². The lowest BCUT2D eigenvalue weighted by Crippen LogP contribution is -2.31. The third-order valence-electron chi connectivity index (χ3n) is 3.33. The van der Waals surface area contributed by atoms with E-state index in [0.717, 1.165) is 23.4 Å². The molecule has 0 amide bonds. The minimum absolute atomic E-state index is 0.0576. The van der Waals surface area contributed by atoms with E-state index in [2.05, 4.69) is 10.3 Å². The van der Waals surface area contributed by atoms with Gasteiger partial charge in [-0.05, 0) is 36.7 Å². The molecule has 112 valence electrons. The van der Waals surface area contributed by atoms with Gasteiger partial charge in [0.1, 0.15) is 5.75 Å². The molecular formula is C16H21N3O2. The second kappa shape index (κ2) is 7.04. The molecule has 0 saturated carbocycles. The van der Waals surface area contributed by atoms with Crippen molar-refractivity contribution < 1.29 is 4.74 Å². The Balaban J connectivity index is 2.25. The van der Waals surface area contributed by atoms with E-state index in [4.69, 9.17) is 4.74 Å². The van der Waals surface area contributed by atoms with Gasteiger partial charge in [0, 0.05) is 18.9 Å². The molecule has 1 aromatic heterocycles. The Morgan fingerprint density at radius 3 is 2.67 bits per heavy atom. The standard InChI is InChI=1S/C16H21N3O2/c1-4-17-15(13-5-7-14(21-3)8-6-13)11-19-10-12(2)9-18-16(19)20/h5-10,15,17H,4,11H2,1-3H3. The van der Waals surface area contributed by atoms with Crippen LogP contribution >= 0.6 is 0 Å². The SMILES string of the molecule is CCNC(Cn1cc(C)cnc1=O)c1ccc(OC)cc1. The van der Waals surface area contributed by atoms with Gasteiger partial charge in [-0.1, -0.05) is 19.1 Å². The van der Waals surface area contributed by atoms with Crippen LogP contribution in [0.25, 0.3) is 0 Å². The van der Waals surface area contributed by atoms with Crippen LogP contribution in [0.15, 0.2) is 41.5 Å². The first-order valence-electron chi connectivity index (χ1n) is 7.04. The van der Waals surface area contributed by atoms with Crippen LogP contribution in [0.3, 0.4) is 0 Å². The fourth-order valence-electron chi connectivity index (χ4n) is 2.26. The second-order valence-corrected chi connectivity index (χ2v) is 4.95. The van der Waals surface area contributed by atoms with Crippen LogP contribution in [-0.4, -0.2) is 23.2 Å². The molecule has 0 fully saturated rings. The average Bonchev–Trinajstić information content (AvgIpc) is 2.50. The van der Waals surface area contributed by atoms with Gasteiger partial charge in [0.05, 0.1) is 13.2 Å². The average molecular weight is 287 g/mol. The summed E-state index contributed by atoms with van der Waals surface area (Å²) in [4.78, 5) is 15.7. The number of rotatable bonds is 6. The third-order valence-corrected chi connectivity index (χ3v) is 3.33. The molecule has 0 radical (unpaired) electrons. The third kappa shape index (κ3) is 3.92. The fourth-order valence-corrected chi connectivity index (χ4v) is 2.26. The summed E-state index contributed by atoms with van der Waals surface area (Å²) in [5, 5.41) is 3.40. The van der Waals surface area contributed by atoms with Crippen LogP contribution in [0.2, 0.25) is 0 Å². The molecule has 1 unspecified atom stereocenters. The van der Waals surface area contributed by atoms with Crippen LogP contribution in [0.4, 0.5) is 0 Å². The van der Waals surface area contributed by atoms with E-state index in [1.54, 1.807) is 17.9 Å². The quantitative estimate of drug-likeness (QED) is 0.882. The summed E-state index contributed by atoms with van der Waals surface area (Å²) in [6.07, 6.45) is 3.43. The maximum Gasteiger partial charge on any atom is 0.347 e. The lowest BCUT2D eigenvalue weighted by molar-refractivity contribution is 0.413. The predicted molar refractivity (Wildman–Crippen MR) is 82.6 cm³/mol. The smallest absolute Gasteiger partial charge is 0.347 e. The number of methoxy groups -OCH3 is 1. The summed E-state index contributed by atoms with van der Waals surface area (Å²) in [5.74, 6) is 0.823. The van der Waals surface area contributed by atoms with E-state index >= 15 is 0 Å². The predicted octanol–water partition coefficient (Wildman–Crippen LogP) is 1.91. The Morgan fingerprint density at radius 2 is 2.05 bits per heavy atom. The first-order chi connectivity index (χ1) is 10.1. The highest BCUT2D eigenvalue weighted by Crippen LogP contribution is 2.18. The Labute approximate surface area is 124 Å². The van der Waals surface area contributed by atoms with Gasteiger partial charge in [0.2, 0.25) is 0 Å². The maximum absolute atomic E-state index is 11.8. The molecular weight excluding hydrogens is 266 g/mol. The topological polar surface area (TPSA) is 56.2 Å². The normalized spacial score (nSPS) is 12.1. The van der Waals surface area contributed by atoms with Crippen LogP contribution in [0.5, 0.6) is 5.75 Å². The van der Waals surface area contributed by atoms with Gasteiger partial charge >= 0.3 is 5.69 Å². The highest BCUT2D eigenvalue weighted by Gasteiger charge is 2.12. The van der Waals surface area contributed by atoms with Crippen molar-refractivity contribution in [2.45, 2.75) is 26.4 Å². The molecule has 1 aromatic carbocycles. The molecule has 5 heteroatoms. The monoisotopic (exact) mass is 287 g/mol. The second-order valence-electron chi connectivity index (χ2n) is 4.95. The Morgan fingerprint density at radius 1 is 1.33 bits per heavy atom. The zero-order valence-corrected chi connectivity index (χ0v) is 12.7. The first kappa shape index (κ1) is 15.3. The lowest BCUT2D eigenvalue weighted by atomic mass is 10.1.